The Kier molecular flexibility index (Phi) is 7.20. The van der Waals surface area contributed by atoms with Gasteiger partial charge in [0.25, 0.3) is 0 Å². The summed E-state index contributed by atoms with van der Waals surface area (Å²) >= 11 is 5.95. The van der Waals surface area contributed by atoms with Gasteiger partial charge in [0.15, 0.2) is 0 Å². The van der Waals surface area contributed by atoms with E-state index in [4.69, 9.17) is 21.8 Å². The van der Waals surface area contributed by atoms with E-state index in [0.717, 1.165) is 0 Å². The summed E-state index contributed by atoms with van der Waals surface area (Å²) in [7, 11) is 0. The Morgan fingerprint density at radius 3 is 2.50 bits per heavy atom. The molecule has 3 nitrogen and oxygen atoms in total. The van der Waals surface area contributed by atoms with Gasteiger partial charge in [-0.25, -0.2) is 4.39 Å². The molecule has 0 unspecified atom stereocenters. The van der Waals surface area contributed by atoms with Gasteiger partial charge in [0, 0.05) is 36.8 Å². The number of aliphatic hydroxyl groups is 2. The Bertz CT molecular complexity index is 343. The van der Waals surface area contributed by atoms with Gasteiger partial charge in [-0.2, -0.15) is 0 Å². The van der Waals surface area contributed by atoms with Crippen LogP contribution >= 0.6 is 11.6 Å². The van der Waals surface area contributed by atoms with E-state index in [1.165, 1.54) is 6.07 Å². The Hall–Kier alpha value is -0.680. The van der Waals surface area contributed by atoms with Crippen molar-refractivity contribution in [3.05, 3.63) is 34.6 Å². The summed E-state index contributed by atoms with van der Waals surface area (Å²) in [5, 5.41) is 18.2. The van der Waals surface area contributed by atoms with Crippen molar-refractivity contribution < 1.29 is 14.6 Å². The van der Waals surface area contributed by atoms with E-state index in [1.54, 1.807) is 12.1 Å². The molecule has 18 heavy (non-hydrogen) atoms. The minimum Gasteiger partial charge on any atom is -0.396 e. The molecule has 0 aliphatic carbocycles. The fourth-order valence-corrected chi connectivity index (χ4v) is 2.07. The molecule has 0 spiro atoms. The van der Waals surface area contributed by atoms with Crippen LogP contribution in [0.1, 0.15) is 12.0 Å². The first-order valence-electron chi connectivity index (χ1n) is 6.06. The van der Waals surface area contributed by atoms with Gasteiger partial charge in [-0.05, 0) is 25.0 Å². The largest absolute Gasteiger partial charge is 0.396 e. The van der Waals surface area contributed by atoms with Crippen LogP contribution in [0.5, 0.6) is 0 Å². The van der Waals surface area contributed by atoms with Crippen LogP contribution in [0.15, 0.2) is 18.2 Å². The second-order valence-corrected chi connectivity index (χ2v) is 4.50. The SMILES string of the molecule is OCCCN(CCO)CCc1c(F)cccc1Cl. The average Bonchev–Trinajstić information content (AvgIpc) is 2.35. The maximum Gasteiger partial charge on any atom is 0.127 e. The molecule has 2 N–H and O–H groups in total. The molecule has 102 valence electrons. The van der Waals surface area contributed by atoms with Gasteiger partial charge in [0.1, 0.15) is 5.82 Å². The summed E-state index contributed by atoms with van der Waals surface area (Å²) < 4.78 is 13.5. The zero-order chi connectivity index (χ0) is 13.4. The summed E-state index contributed by atoms with van der Waals surface area (Å²) in [6.07, 6.45) is 1.14. The van der Waals surface area contributed by atoms with E-state index in [1.807, 2.05) is 4.90 Å². The maximum atomic E-state index is 13.5. The zero-order valence-corrected chi connectivity index (χ0v) is 11.0. The van der Waals surface area contributed by atoms with Crippen molar-refractivity contribution in [1.29, 1.82) is 0 Å². The Labute approximate surface area is 112 Å². The minimum absolute atomic E-state index is 0.0520. The number of hydrogen-bond donors (Lipinski definition) is 2. The minimum atomic E-state index is -0.298. The van der Waals surface area contributed by atoms with Crippen LogP contribution in [0.2, 0.25) is 5.02 Å². The molecule has 0 aromatic heterocycles. The van der Waals surface area contributed by atoms with Crippen LogP contribution in [-0.2, 0) is 6.42 Å². The van der Waals surface area contributed by atoms with E-state index in [0.29, 0.717) is 43.1 Å². The van der Waals surface area contributed by atoms with Gasteiger partial charge in [0.2, 0.25) is 0 Å². The van der Waals surface area contributed by atoms with Gasteiger partial charge in [-0.3, -0.25) is 0 Å². The molecule has 0 aliphatic heterocycles. The van der Waals surface area contributed by atoms with Gasteiger partial charge in [-0.15, -0.1) is 0 Å². The van der Waals surface area contributed by atoms with Crippen molar-refractivity contribution >= 4 is 11.6 Å². The fourth-order valence-electron chi connectivity index (χ4n) is 1.81. The first-order chi connectivity index (χ1) is 8.69. The molecule has 0 aliphatic rings. The van der Waals surface area contributed by atoms with Gasteiger partial charge in [0.05, 0.1) is 6.61 Å². The highest BCUT2D eigenvalue weighted by molar-refractivity contribution is 6.31. The van der Waals surface area contributed by atoms with Crippen molar-refractivity contribution in [2.24, 2.45) is 0 Å². The van der Waals surface area contributed by atoms with E-state index in [2.05, 4.69) is 0 Å². The second kappa shape index (κ2) is 8.43. The number of aliphatic hydroxyl groups excluding tert-OH is 2. The Balaban J connectivity index is 2.55. The van der Waals surface area contributed by atoms with Crippen molar-refractivity contribution in [2.45, 2.75) is 12.8 Å². The lowest BCUT2D eigenvalue weighted by Crippen LogP contribution is -2.30. The van der Waals surface area contributed by atoms with Gasteiger partial charge < -0.3 is 15.1 Å². The molecule has 1 aromatic rings. The highest BCUT2D eigenvalue weighted by Gasteiger charge is 2.09. The molecule has 0 saturated heterocycles. The fraction of sp³-hybridized carbons (Fsp3) is 0.538. The molecular formula is C13H19ClFNO2. The smallest absolute Gasteiger partial charge is 0.127 e. The lowest BCUT2D eigenvalue weighted by Gasteiger charge is -2.21. The average molecular weight is 276 g/mol. The summed E-state index contributed by atoms with van der Waals surface area (Å²) in [4.78, 5) is 1.99. The molecule has 0 saturated carbocycles. The molecule has 0 bridgehead atoms. The topological polar surface area (TPSA) is 43.7 Å². The highest BCUT2D eigenvalue weighted by atomic mass is 35.5. The van der Waals surface area contributed by atoms with Crippen LogP contribution in [-0.4, -0.2) is 48.0 Å². The molecule has 0 amide bonds. The predicted octanol–water partition coefficient (Wildman–Crippen LogP) is 1.70. The molecular weight excluding hydrogens is 257 g/mol. The monoisotopic (exact) mass is 275 g/mol. The summed E-state index contributed by atoms with van der Waals surface area (Å²) in [5.74, 6) is -0.298. The molecule has 0 radical (unpaired) electrons. The zero-order valence-electron chi connectivity index (χ0n) is 10.3. The Morgan fingerprint density at radius 2 is 1.89 bits per heavy atom. The normalized spacial score (nSPS) is 11.2. The van der Waals surface area contributed by atoms with Crippen molar-refractivity contribution in [3.8, 4) is 0 Å². The summed E-state index contributed by atoms with van der Waals surface area (Å²) in [6, 6.07) is 4.65. The number of hydrogen-bond acceptors (Lipinski definition) is 3. The van der Waals surface area contributed by atoms with E-state index in [-0.39, 0.29) is 19.0 Å². The van der Waals surface area contributed by atoms with Crippen LogP contribution in [0.3, 0.4) is 0 Å². The van der Waals surface area contributed by atoms with Crippen LogP contribution in [0, 0.1) is 5.82 Å². The quantitative estimate of drug-likeness (QED) is 0.759. The van der Waals surface area contributed by atoms with Gasteiger partial charge in [-0.1, -0.05) is 17.7 Å². The molecule has 1 aromatic carbocycles. The van der Waals surface area contributed by atoms with Crippen LogP contribution < -0.4 is 0 Å². The van der Waals surface area contributed by atoms with Crippen molar-refractivity contribution in [2.75, 3.05) is 32.8 Å². The maximum absolute atomic E-state index is 13.5. The molecule has 5 heteroatoms. The van der Waals surface area contributed by atoms with Crippen molar-refractivity contribution in [3.63, 3.8) is 0 Å². The molecule has 0 fully saturated rings. The molecule has 0 heterocycles. The standard InChI is InChI=1S/C13H19ClFNO2/c14-12-3-1-4-13(15)11(12)5-7-16(8-10-18)6-2-9-17/h1,3-4,17-18H,2,5-10H2. The van der Waals surface area contributed by atoms with Crippen LogP contribution in [0.4, 0.5) is 4.39 Å². The first kappa shape index (κ1) is 15.4. The number of nitrogens with zero attached hydrogens (tertiary/aromatic N) is 1. The molecule has 0 atom stereocenters. The number of rotatable bonds is 8. The first-order valence-corrected chi connectivity index (χ1v) is 6.43. The van der Waals surface area contributed by atoms with E-state index >= 15 is 0 Å². The Morgan fingerprint density at radius 1 is 1.11 bits per heavy atom. The summed E-state index contributed by atoms with van der Waals surface area (Å²) in [6.45, 7) is 1.98. The van der Waals surface area contributed by atoms with Gasteiger partial charge >= 0.3 is 0 Å². The third kappa shape index (κ3) is 4.90. The second-order valence-electron chi connectivity index (χ2n) is 4.09. The number of halogens is 2. The molecule has 1 rings (SSSR count). The van der Waals surface area contributed by atoms with Crippen molar-refractivity contribution in [1.82, 2.24) is 4.90 Å². The number of benzene rings is 1. The highest BCUT2D eigenvalue weighted by Crippen LogP contribution is 2.19. The predicted molar refractivity (Wildman–Crippen MR) is 70.3 cm³/mol. The lowest BCUT2D eigenvalue weighted by molar-refractivity contribution is 0.180. The lowest BCUT2D eigenvalue weighted by atomic mass is 10.1. The summed E-state index contributed by atoms with van der Waals surface area (Å²) in [5.41, 5.74) is 0.506. The van der Waals surface area contributed by atoms with E-state index in [9.17, 15) is 4.39 Å². The van der Waals surface area contributed by atoms with E-state index < -0.39 is 0 Å². The van der Waals surface area contributed by atoms with Crippen LogP contribution in [0.25, 0.3) is 0 Å². The third-order valence-electron chi connectivity index (χ3n) is 2.79. The third-order valence-corrected chi connectivity index (χ3v) is 3.14.